The first-order valence-corrected chi connectivity index (χ1v) is 11.6. The average Bonchev–Trinajstić information content (AvgIpc) is 3.06. The fourth-order valence-corrected chi connectivity index (χ4v) is 7.62. The Morgan fingerprint density at radius 3 is 2.69 bits per heavy atom. The van der Waals surface area contributed by atoms with Gasteiger partial charge in [-0.15, -0.1) is 0 Å². The maximum Gasteiger partial charge on any atom is 0.302 e. The van der Waals surface area contributed by atoms with Crippen LogP contribution in [0.25, 0.3) is 0 Å². The number of hydrogen-bond acceptors (Lipinski definition) is 3. The highest BCUT2D eigenvalue weighted by atomic mass is 16.5. The van der Waals surface area contributed by atoms with E-state index in [-0.39, 0.29) is 12.1 Å². The van der Waals surface area contributed by atoms with Crippen LogP contribution in [0.15, 0.2) is 47.2 Å². The number of fused-ring (bicyclic) bond motifs is 5. The van der Waals surface area contributed by atoms with Crippen LogP contribution in [0, 0.1) is 28.6 Å². The number of esters is 1. The van der Waals surface area contributed by atoms with Crippen molar-refractivity contribution in [2.75, 3.05) is 6.54 Å². The third-order valence-corrected chi connectivity index (χ3v) is 9.07. The smallest absolute Gasteiger partial charge is 0.302 e. The predicted octanol–water partition coefficient (Wildman–Crippen LogP) is 5.46. The number of ether oxygens (including phenoxy) is 1. The Hall–Kier alpha value is -1.77. The van der Waals surface area contributed by atoms with E-state index in [1.165, 1.54) is 44.6 Å². The van der Waals surface area contributed by atoms with Gasteiger partial charge in [0.1, 0.15) is 6.10 Å². The van der Waals surface area contributed by atoms with E-state index in [1.807, 2.05) is 0 Å². The minimum atomic E-state index is -0.133. The van der Waals surface area contributed by atoms with E-state index in [2.05, 4.69) is 49.7 Å². The van der Waals surface area contributed by atoms with Gasteiger partial charge < -0.3 is 10.1 Å². The molecule has 1 heterocycles. The van der Waals surface area contributed by atoms with Crippen molar-refractivity contribution in [1.29, 1.82) is 0 Å². The van der Waals surface area contributed by atoms with Crippen LogP contribution in [0.3, 0.4) is 0 Å². The molecule has 156 valence electrons. The molecule has 3 heteroatoms. The van der Waals surface area contributed by atoms with Crippen molar-refractivity contribution in [3.8, 4) is 0 Å². The lowest BCUT2D eigenvalue weighted by Gasteiger charge is -2.58. The van der Waals surface area contributed by atoms with Crippen LogP contribution in [0.2, 0.25) is 0 Å². The molecule has 0 amide bonds. The first kappa shape index (κ1) is 19.2. The summed E-state index contributed by atoms with van der Waals surface area (Å²) in [6, 6.07) is 0. The Morgan fingerprint density at radius 2 is 1.93 bits per heavy atom. The van der Waals surface area contributed by atoms with E-state index >= 15 is 0 Å². The van der Waals surface area contributed by atoms with Gasteiger partial charge >= 0.3 is 5.97 Å². The summed E-state index contributed by atoms with van der Waals surface area (Å²) in [6.45, 7) is 7.54. The highest BCUT2D eigenvalue weighted by Gasteiger charge is 2.57. The van der Waals surface area contributed by atoms with E-state index in [4.69, 9.17) is 4.74 Å². The molecule has 29 heavy (non-hydrogen) atoms. The molecule has 1 N–H and O–H groups in total. The van der Waals surface area contributed by atoms with Crippen LogP contribution in [-0.4, -0.2) is 18.6 Å². The van der Waals surface area contributed by atoms with Gasteiger partial charge in [-0.1, -0.05) is 43.7 Å². The lowest BCUT2D eigenvalue weighted by Crippen LogP contribution is -2.50. The maximum absolute atomic E-state index is 11.4. The zero-order chi connectivity index (χ0) is 20.2. The number of rotatable bonds is 2. The second-order valence-electron chi connectivity index (χ2n) is 10.5. The number of nitrogens with one attached hydrogen (secondary N) is 1. The summed E-state index contributed by atoms with van der Waals surface area (Å²) in [5, 5.41) is 3.41. The fourth-order valence-electron chi connectivity index (χ4n) is 7.62. The molecule has 0 saturated heterocycles. The van der Waals surface area contributed by atoms with Crippen molar-refractivity contribution >= 4 is 5.97 Å². The molecule has 6 atom stereocenters. The molecule has 2 saturated carbocycles. The Balaban J connectivity index is 1.39. The molecule has 4 aliphatic carbocycles. The highest BCUT2D eigenvalue weighted by Crippen LogP contribution is 2.65. The van der Waals surface area contributed by atoms with Crippen molar-refractivity contribution in [1.82, 2.24) is 5.32 Å². The van der Waals surface area contributed by atoms with Crippen molar-refractivity contribution in [3.63, 3.8) is 0 Å². The van der Waals surface area contributed by atoms with E-state index in [0.29, 0.717) is 10.8 Å². The fraction of sp³-hybridized carbons (Fsp3) is 0.654. The van der Waals surface area contributed by atoms with Crippen LogP contribution >= 0.6 is 0 Å². The second kappa shape index (κ2) is 6.89. The topological polar surface area (TPSA) is 38.3 Å². The molecule has 0 bridgehead atoms. The van der Waals surface area contributed by atoms with Crippen LogP contribution < -0.4 is 5.32 Å². The summed E-state index contributed by atoms with van der Waals surface area (Å²) in [5.41, 5.74) is 5.18. The Morgan fingerprint density at radius 1 is 1.10 bits per heavy atom. The van der Waals surface area contributed by atoms with Gasteiger partial charge in [0.15, 0.2) is 0 Å². The maximum atomic E-state index is 11.4. The third-order valence-electron chi connectivity index (χ3n) is 9.07. The largest absolute Gasteiger partial charge is 0.462 e. The first-order chi connectivity index (χ1) is 13.9. The van der Waals surface area contributed by atoms with Gasteiger partial charge in [-0.25, -0.2) is 0 Å². The van der Waals surface area contributed by atoms with Crippen LogP contribution in [-0.2, 0) is 9.53 Å². The van der Waals surface area contributed by atoms with Gasteiger partial charge in [0.05, 0.1) is 0 Å². The molecule has 0 aromatic carbocycles. The monoisotopic (exact) mass is 393 g/mol. The van der Waals surface area contributed by atoms with Crippen molar-refractivity contribution < 1.29 is 9.53 Å². The summed E-state index contributed by atoms with van der Waals surface area (Å²) >= 11 is 0. The Kier molecular flexibility index (Phi) is 4.56. The van der Waals surface area contributed by atoms with Crippen molar-refractivity contribution in [3.05, 3.63) is 47.2 Å². The molecular weight excluding hydrogens is 358 g/mol. The quantitative estimate of drug-likeness (QED) is 0.500. The number of carbonyl (C=O) groups excluding carboxylic acids is 1. The Labute approximate surface area is 175 Å². The lowest BCUT2D eigenvalue weighted by molar-refractivity contribution is -0.148. The summed E-state index contributed by atoms with van der Waals surface area (Å²) in [6.07, 6.45) is 20.2. The normalized spacial score (nSPS) is 43.1. The van der Waals surface area contributed by atoms with Gasteiger partial charge in [-0.3, -0.25) is 4.79 Å². The van der Waals surface area contributed by atoms with Gasteiger partial charge in [0.25, 0.3) is 0 Å². The van der Waals surface area contributed by atoms with E-state index in [1.54, 1.807) is 11.1 Å². The summed E-state index contributed by atoms with van der Waals surface area (Å²) in [4.78, 5) is 11.4. The van der Waals surface area contributed by atoms with E-state index in [0.717, 1.165) is 37.1 Å². The lowest BCUT2D eigenvalue weighted by atomic mass is 9.47. The number of allylic oxidation sites excluding steroid dienone is 5. The molecule has 3 unspecified atom stereocenters. The minimum absolute atomic E-state index is 0.0921. The minimum Gasteiger partial charge on any atom is -0.462 e. The van der Waals surface area contributed by atoms with Gasteiger partial charge in [0, 0.05) is 26.1 Å². The molecule has 0 aromatic heterocycles. The zero-order valence-corrected chi connectivity index (χ0v) is 18.2. The number of dihydropyridines is 1. The van der Waals surface area contributed by atoms with Gasteiger partial charge in [-0.05, 0) is 78.3 Å². The second-order valence-corrected chi connectivity index (χ2v) is 10.5. The molecule has 2 fully saturated rings. The van der Waals surface area contributed by atoms with Gasteiger partial charge in [0.2, 0.25) is 0 Å². The molecular formula is C26H35NO2. The highest BCUT2D eigenvalue weighted by molar-refractivity contribution is 5.66. The van der Waals surface area contributed by atoms with Gasteiger partial charge in [-0.2, -0.15) is 0 Å². The zero-order valence-electron chi connectivity index (χ0n) is 18.2. The van der Waals surface area contributed by atoms with Crippen molar-refractivity contribution in [2.45, 2.75) is 71.8 Å². The van der Waals surface area contributed by atoms with E-state index in [9.17, 15) is 4.79 Å². The molecule has 0 radical (unpaired) electrons. The average molecular weight is 394 g/mol. The summed E-state index contributed by atoms with van der Waals surface area (Å²) < 4.78 is 5.58. The molecule has 0 aromatic rings. The van der Waals surface area contributed by atoms with Crippen LogP contribution in [0.5, 0.6) is 0 Å². The first-order valence-electron chi connectivity index (χ1n) is 11.6. The van der Waals surface area contributed by atoms with Crippen LogP contribution in [0.1, 0.15) is 65.7 Å². The molecule has 0 spiro atoms. The van der Waals surface area contributed by atoms with E-state index < -0.39 is 0 Å². The molecule has 1 aliphatic heterocycles. The van der Waals surface area contributed by atoms with Crippen molar-refractivity contribution in [2.24, 2.45) is 28.6 Å². The Bertz CT molecular complexity index is 834. The summed E-state index contributed by atoms with van der Waals surface area (Å²) in [5.74, 6) is 2.18. The molecule has 3 nitrogen and oxygen atoms in total. The third kappa shape index (κ3) is 2.95. The van der Waals surface area contributed by atoms with Crippen LogP contribution in [0.4, 0.5) is 0 Å². The summed E-state index contributed by atoms with van der Waals surface area (Å²) in [7, 11) is 0. The number of hydrogen-bond donors (Lipinski definition) is 1. The SMILES string of the molecule is CC(=O)O[C@H]1CC[C@@]2(C)C(=CCC3C2CC[C@]2(C)C(C4=CNCC=C4)=CCC32)C1. The molecule has 5 aliphatic rings. The molecule has 5 rings (SSSR count). The number of carbonyl (C=O) groups is 1. The predicted molar refractivity (Wildman–Crippen MR) is 116 cm³/mol. The standard InChI is InChI=1S/C26H35NO2/c1-17(28)29-20-10-12-25(2)19(15-20)6-7-21-23-9-8-22(18-5-4-14-27-16-18)26(23,3)13-11-24(21)25/h4-6,8,16,20-21,23-24,27H,7,9-15H2,1-3H3/t20-,21?,23?,24?,25-,26+/m0/s1.